The van der Waals surface area contributed by atoms with Gasteiger partial charge in [0, 0.05) is 17.6 Å². The van der Waals surface area contributed by atoms with Gasteiger partial charge in [-0.25, -0.2) is 4.98 Å². The molecule has 0 spiro atoms. The highest BCUT2D eigenvalue weighted by atomic mass is 35.5. The van der Waals surface area contributed by atoms with Gasteiger partial charge in [-0.15, -0.1) is 0 Å². The molecule has 2 aromatic carbocycles. The molecule has 0 radical (unpaired) electrons. The van der Waals surface area contributed by atoms with Gasteiger partial charge in [0.1, 0.15) is 5.82 Å². The number of nitrogens with zero attached hydrogens (tertiary/aromatic N) is 2. The number of aromatic nitrogens is 2. The number of rotatable bonds is 1. The molecule has 3 aromatic rings. The molecule has 0 aliphatic heterocycles. The second-order valence-electron chi connectivity index (χ2n) is 4.83. The van der Waals surface area contributed by atoms with Crippen LogP contribution < -0.4 is 5.56 Å². The third kappa shape index (κ3) is 2.10. The fourth-order valence-corrected chi connectivity index (χ4v) is 2.37. The number of hydrogen-bond donors (Lipinski definition) is 0. The lowest BCUT2D eigenvalue weighted by Gasteiger charge is -2.09. The van der Waals surface area contributed by atoms with Crippen molar-refractivity contribution in [1.82, 2.24) is 9.55 Å². The Morgan fingerprint density at radius 2 is 1.80 bits per heavy atom. The Morgan fingerprint density at radius 1 is 1.10 bits per heavy atom. The molecule has 100 valence electrons. The van der Waals surface area contributed by atoms with Gasteiger partial charge in [-0.05, 0) is 25.1 Å². The Hall–Kier alpha value is -2.13. The maximum absolute atomic E-state index is 12.4. The van der Waals surface area contributed by atoms with E-state index < -0.39 is 0 Å². The van der Waals surface area contributed by atoms with E-state index in [1.54, 1.807) is 29.8 Å². The van der Waals surface area contributed by atoms with Gasteiger partial charge in [0.2, 0.25) is 0 Å². The first-order valence-electron chi connectivity index (χ1n) is 6.29. The summed E-state index contributed by atoms with van der Waals surface area (Å²) >= 11 is 5.98. The third-order valence-electron chi connectivity index (χ3n) is 3.35. The number of fused-ring (bicyclic) bond motifs is 1. The second-order valence-corrected chi connectivity index (χ2v) is 5.26. The first kappa shape index (κ1) is 12.9. The molecule has 0 aliphatic carbocycles. The van der Waals surface area contributed by atoms with Crippen molar-refractivity contribution >= 4 is 22.5 Å². The molecular weight excluding hydrogens is 272 g/mol. The molecule has 0 saturated carbocycles. The highest BCUT2D eigenvalue weighted by Crippen LogP contribution is 2.20. The fourth-order valence-electron chi connectivity index (χ4n) is 2.20. The van der Waals surface area contributed by atoms with Crippen LogP contribution in [0, 0.1) is 6.92 Å². The van der Waals surface area contributed by atoms with Crippen LogP contribution in [0.1, 0.15) is 5.56 Å². The Labute approximate surface area is 121 Å². The molecule has 3 nitrogen and oxygen atoms in total. The second kappa shape index (κ2) is 4.76. The van der Waals surface area contributed by atoms with Crippen molar-refractivity contribution in [1.29, 1.82) is 0 Å². The number of aryl methyl sites for hydroxylation is 1. The van der Waals surface area contributed by atoms with Crippen molar-refractivity contribution in [2.24, 2.45) is 7.05 Å². The van der Waals surface area contributed by atoms with Crippen LogP contribution in [0.2, 0.25) is 5.02 Å². The Bertz CT molecular complexity index is 851. The van der Waals surface area contributed by atoms with E-state index in [-0.39, 0.29) is 5.56 Å². The van der Waals surface area contributed by atoms with Crippen molar-refractivity contribution in [3.63, 3.8) is 0 Å². The monoisotopic (exact) mass is 284 g/mol. The summed E-state index contributed by atoms with van der Waals surface area (Å²) in [5.74, 6) is 0.643. The molecule has 3 rings (SSSR count). The van der Waals surface area contributed by atoms with E-state index in [4.69, 9.17) is 11.6 Å². The molecule has 0 unspecified atom stereocenters. The molecule has 0 atom stereocenters. The highest BCUT2D eigenvalue weighted by molar-refractivity contribution is 6.31. The minimum Gasteiger partial charge on any atom is -0.295 e. The first-order valence-corrected chi connectivity index (χ1v) is 6.67. The number of halogens is 1. The van der Waals surface area contributed by atoms with Gasteiger partial charge in [-0.3, -0.25) is 9.36 Å². The summed E-state index contributed by atoms with van der Waals surface area (Å²) in [6.07, 6.45) is 0. The summed E-state index contributed by atoms with van der Waals surface area (Å²) < 4.78 is 1.57. The molecule has 0 saturated heterocycles. The SMILES string of the molecule is Cc1ccc(-c2nc3cc(Cl)ccc3c(=O)n2C)cc1. The van der Waals surface area contributed by atoms with Crippen LogP contribution in [-0.2, 0) is 7.05 Å². The summed E-state index contributed by atoms with van der Waals surface area (Å²) in [6.45, 7) is 2.02. The lowest BCUT2D eigenvalue weighted by molar-refractivity contribution is 0.856. The van der Waals surface area contributed by atoms with Crippen LogP contribution in [0.3, 0.4) is 0 Å². The smallest absolute Gasteiger partial charge is 0.261 e. The van der Waals surface area contributed by atoms with E-state index in [9.17, 15) is 4.79 Å². The fraction of sp³-hybridized carbons (Fsp3) is 0.125. The molecule has 4 heteroatoms. The van der Waals surface area contributed by atoms with Gasteiger partial charge in [0.05, 0.1) is 10.9 Å². The Kier molecular flexibility index (Phi) is 3.07. The van der Waals surface area contributed by atoms with Crippen molar-refractivity contribution in [2.75, 3.05) is 0 Å². The Morgan fingerprint density at radius 3 is 2.50 bits per heavy atom. The van der Waals surface area contributed by atoms with Crippen molar-refractivity contribution in [3.8, 4) is 11.4 Å². The lowest BCUT2D eigenvalue weighted by atomic mass is 10.1. The minimum absolute atomic E-state index is 0.0674. The number of hydrogen-bond acceptors (Lipinski definition) is 2. The quantitative estimate of drug-likeness (QED) is 0.685. The summed E-state index contributed by atoms with van der Waals surface area (Å²) in [7, 11) is 1.73. The average molecular weight is 285 g/mol. The van der Waals surface area contributed by atoms with Crippen LogP contribution in [0.5, 0.6) is 0 Å². The molecule has 0 aliphatic rings. The van der Waals surface area contributed by atoms with E-state index in [0.717, 1.165) is 5.56 Å². The van der Waals surface area contributed by atoms with E-state index in [0.29, 0.717) is 21.7 Å². The largest absolute Gasteiger partial charge is 0.295 e. The molecular formula is C16H13ClN2O. The number of benzene rings is 2. The van der Waals surface area contributed by atoms with Gasteiger partial charge in [-0.1, -0.05) is 41.4 Å². The molecule has 0 bridgehead atoms. The molecule has 1 heterocycles. The zero-order chi connectivity index (χ0) is 14.3. The van der Waals surface area contributed by atoms with Crippen LogP contribution in [0.15, 0.2) is 47.3 Å². The third-order valence-corrected chi connectivity index (χ3v) is 3.58. The van der Waals surface area contributed by atoms with Crippen molar-refractivity contribution in [3.05, 3.63) is 63.4 Å². The van der Waals surface area contributed by atoms with Gasteiger partial charge in [0.25, 0.3) is 5.56 Å². The maximum atomic E-state index is 12.4. The van der Waals surface area contributed by atoms with Crippen molar-refractivity contribution < 1.29 is 0 Å². The van der Waals surface area contributed by atoms with Crippen molar-refractivity contribution in [2.45, 2.75) is 6.92 Å². The summed E-state index contributed by atoms with van der Waals surface area (Å²) in [4.78, 5) is 17.0. The van der Waals surface area contributed by atoms with E-state index >= 15 is 0 Å². The maximum Gasteiger partial charge on any atom is 0.261 e. The standard InChI is InChI=1S/C16H13ClN2O/c1-10-3-5-11(6-4-10)15-18-14-9-12(17)7-8-13(14)16(20)19(15)2/h3-9H,1-2H3. The molecule has 0 N–H and O–H groups in total. The van der Waals surface area contributed by atoms with Crippen LogP contribution in [0.4, 0.5) is 0 Å². The topological polar surface area (TPSA) is 34.9 Å². The van der Waals surface area contributed by atoms with Crippen LogP contribution in [-0.4, -0.2) is 9.55 Å². The lowest BCUT2D eigenvalue weighted by Crippen LogP contribution is -2.20. The normalized spacial score (nSPS) is 10.9. The average Bonchev–Trinajstić information content (AvgIpc) is 2.44. The zero-order valence-corrected chi connectivity index (χ0v) is 12.0. The van der Waals surface area contributed by atoms with Crippen LogP contribution in [0.25, 0.3) is 22.3 Å². The van der Waals surface area contributed by atoms with E-state index in [2.05, 4.69) is 4.98 Å². The molecule has 20 heavy (non-hydrogen) atoms. The van der Waals surface area contributed by atoms with Crippen LogP contribution >= 0.6 is 11.6 Å². The van der Waals surface area contributed by atoms with E-state index in [1.807, 2.05) is 31.2 Å². The van der Waals surface area contributed by atoms with Gasteiger partial charge in [-0.2, -0.15) is 0 Å². The summed E-state index contributed by atoms with van der Waals surface area (Å²) in [6, 6.07) is 13.1. The highest BCUT2D eigenvalue weighted by Gasteiger charge is 2.10. The summed E-state index contributed by atoms with van der Waals surface area (Å²) in [5.41, 5.74) is 2.64. The molecule has 0 fully saturated rings. The Balaban J connectivity index is 2.33. The van der Waals surface area contributed by atoms with Gasteiger partial charge in [0.15, 0.2) is 0 Å². The predicted molar refractivity (Wildman–Crippen MR) is 82.2 cm³/mol. The van der Waals surface area contributed by atoms with E-state index in [1.165, 1.54) is 5.56 Å². The molecule has 1 aromatic heterocycles. The molecule has 0 amide bonds. The first-order chi connectivity index (χ1) is 9.56. The minimum atomic E-state index is -0.0674. The predicted octanol–water partition coefficient (Wildman–Crippen LogP) is 3.56. The van der Waals surface area contributed by atoms with Gasteiger partial charge >= 0.3 is 0 Å². The summed E-state index contributed by atoms with van der Waals surface area (Å²) in [5, 5.41) is 1.15. The van der Waals surface area contributed by atoms with Gasteiger partial charge < -0.3 is 0 Å². The zero-order valence-electron chi connectivity index (χ0n) is 11.2.